The first kappa shape index (κ1) is 23.5. The highest BCUT2D eigenvalue weighted by atomic mass is 35.5. The van der Waals surface area contributed by atoms with E-state index in [0.717, 1.165) is 28.1 Å². The summed E-state index contributed by atoms with van der Waals surface area (Å²) >= 11 is 6.05. The van der Waals surface area contributed by atoms with Crippen molar-refractivity contribution in [1.29, 1.82) is 0 Å². The van der Waals surface area contributed by atoms with Crippen molar-refractivity contribution in [3.63, 3.8) is 0 Å². The number of nitrogens with one attached hydrogen (secondary N) is 1. The Morgan fingerprint density at radius 3 is 2.50 bits per heavy atom. The summed E-state index contributed by atoms with van der Waals surface area (Å²) in [5, 5.41) is 8.18. The van der Waals surface area contributed by atoms with Gasteiger partial charge in [0.05, 0.1) is 23.6 Å². The van der Waals surface area contributed by atoms with Crippen molar-refractivity contribution in [2.45, 2.75) is 33.9 Å². The lowest BCUT2D eigenvalue weighted by molar-refractivity contribution is 0.102. The van der Waals surface area contributed by atoms with Crippen molar-refractivity contribution in [2.75, 3.05) is 5.32 Å². The molecule has 0 radical (unpaired) electrons. The maximum Gasteiger partial charge on any atom is 0.255 e. The third-order valence-corrected chi connectivity index (χ3v) is 6.02. The predicted molar refractivity (Wildman–Crippen MR) is 132 cm³/mol. The Bertz CT molecular complexity index is 1330. The molecule has 1 heterocycles. The molecule has 0 fully saturated rings. The van der Waals surface area contributed by atoms with E-state index in [-0.39, 0.29) is 11.7 Å². The SMILES string of the molecule is Cc1cc(OCc2ccc(C(=O)Nc3c(C)nn(Cc4cccc(F)c4)c3C)cc2)ccc1Cl. The van der Waals surface area contributed by atoms with Gasteiger partial charge in [0.1, 0.15) is 18.2 Å². The van der Waals surface area contributed by atoms with Gasteiger partial charge in [0.25, 0.3) is 5.91 Å². The zero-order chi connectivity index (χ0) is 24.2. The maximum absolute atomic E-state index is 13.5. The second-order valence-corrected chi connectivity index (χ2v) is 8.59. The first-order chi connectivity index (χ1) is 16.3. The number of halogens is 2. The molecular weight excluding hydrogens is 453 g/mol. The molecule has 1 N–H and O–H groups in total. The van der Waals surface area contributed by atoms with Crippen LogP contribution in [0.2, 0.25) is 5.02 Å². The predicted octanol–water partition coefficient (Wildman–Crippen LogP) is 6.48. The fraction of sp³-hybridized carbons (Fsp3) is 0.185. The molecule has 0 spiro atoms. The molecule has 0 unspecified atom stereocenters. The monoisotopic (exact) mass is 477 g/mol. The van der Waals surface area contributed by atoms with E-state index in [1.54, 1.807) is 22.9 Å². The van der Waals surface area contributed by atoms with Gasteiger partial charge in [-0.15, -0.1) is 0 Å². The number of carbonyl (C=O) groups excluding carboxylic acids is 1. The average Bonchev–Trinajstić information content (AvgIpc) is 3.07. The normalized spacial score (nSPS) is 10.9. The summed E-state index contributed by atoms with van der Waals surface area (Å²) in [4.78, 5) is 12.8. The number of ether oxygens (including phenoxy) is 1. The van der Waals surface area contributed by atoms with Gasteiger partial charge in [-0.25, -0.2) is 4.39 Å². The molecule has 4 aromatic rings. The third kappa shape index (κ3) is 5.46. The van der Waals surface area contributed by atoms with E-state index in [1.165, 1.54) is 12.1 Å². The van der Waals surface area contributed by atoms with Crippen LogP contribution in [0.1, 0.15) is 38.4 Å². The Labute approximate surface area is 203 Å². The fourth-order valence-corrected chi connectivity index (χ4v) is 3.77. The number of carbonyl (C=O) groups is 1. The van der Waals surface area contributed by atoms with Crippen LogP contribution in [0.15, 0.2) is 66.7 Å². The number of amides is 1. The van der Waals surface area contributed by atoms with Crippen LogP contribution in [0.5, 0.6) is 5.75 Å². The second-order valence-electron chi connectivity index (χ2n) is 8.18. The number of benzene rings is 3. The van der Waals surface area contributed by atoms with Gasteiger partial charge in [-0.05, 0) is 79.9 Å². The van der Waals surface area contributed by atoms with Crippen molar-refractivity contribution < 1.29 is 13.9 Å². The van der Waals surface area contributed by atoms with E-state index in [0.29, 0.717) is 35.1 Å². The highest BCUT2D eigenvalue weighted by molar-refractivity contribution is 6.31. The molecule has 0 bridgehead atoms. The minimum Gasteiger partial charge on any atom is -0.489 e. The number of aromatic nitrogens is 2. The summed E-state index contributed by atoms with van der Waals surface area (Å²) in [6.07, 6.45) is 0. The van der Waals surface area contributed by atoms with Crippen molar-refractivity contribution in [1.82, 2.24) is 9.78 Å². The molecule has 0 aliphatic heterocycles. The van der Waals surface area contributed by atoms with Gasteiger partial charge in [0.15, 0.2) is 0 Å². The number of anilines is 1. The third-order valence-electron chi connectivity index (χ3n) is 5.59. The Morgan fingerprint density at radius 1 is 1.03 bits per heavy atom. The summed E-state index contributed by atoms with van der Waals surface area (Å²) in [5.74, 6) is 0.229. The number of aryl methyl sites for hydroxylation is 2. The van der Waals surface area contributed by atoms with Gasteiger partial charge in [-0.3, -0.25) is 9.48 Å². The lowest BCUT2D eigenvalue weighted by Crippen LogP contribution is -2.13. The zero-order valence-corrected chi connectivity index (χ0v) is 20.0. The molecule has 0 saturated carbocycles. The highest BCUT2D eigenvalue weighted by Gasteiger charge is 2.16. The molecule has 174 valence electrons. The van der Waals surface area contributed by atoms with Gasteiger partial charge in [0.2, 0.25) is 0 Å². The molecule has 0 aliphatic rings. The molecule has 0 atom stereocenters. The first-order valence-electron chi connectivity index (χ1n) is 10.9. The van der Waals surface area contributed by atoms with Gasteiger partial charge in [-0.2, -0.15) is 5.10 Å². The molecule has 1 aromatic heterocycles. The van der Waals surface area contributed by atoms with Gasteiger partial charge >= 0.3 is 0 Å². The molecule has 34 heavy (non-hydrogen) atoms. The lowest BCUT2D eigenvalue weighted by Gasteiger charge is -2.10. The van der Waals surface area contributed by atoms with E-state index < -0.39 is 0 Å². The summed E-state index contributed by atoms with van der Waals surface area (Å²) in [5.41, 5.74) is 5.39. The van der Waals surface area contributed by atoms with Gasteiger partial charge in [-0.1, -0.05) is 35.9 Å². The van der Waals surface area contributed by atoms with Crippen LogP contribution in [-0.4, -0.2) is 15.7 Å². The minimum atomic E-state index is -0.287. The molecule has 5 nitrogen and oxygen atoms in total. The maximum atomic E-state index is 13.5. The standard InChI is InChI=1S/C27H25ClFN3O2/c1-17-13-24(11-12-25(17)28)34-16-20-7-9-22(10-8-20)27(33)30-26-18(2)31-32(19(26)3)15-21-5-4-6-23(29)14-21/h4-14H,15-16H2,1-3H3,(H,30,33). The van der Waals surface area contributed by atoms with E-state index in [4.69, 9.17) is 16.3 Å². The minimum absolute atomic E-state index is 0.225. The number of hydrogen-bond acceptors (Lipinski definition) is 3. The van der Waals surface area contributed by atoms with Crippen molar-refractivity contribution >= 4 is 23.2 Å². The van der Waals surface area contributed by atoms with Crippen LogP contribution in [0.25, 0.3) is 0 Å². The summed E-state index contributed by atoms with van der Waals surface area (Å²) in [6.45, 7) is 6.45. The average molecular weight is 478 g/mol. The fourth-order valence-electron chi connectivity index (χ4n) is 3.65. The molecular formula is C27H25ClFN3O2. The highest BCUT2D eigenvalue weighted by Crippen LogP contribution is 2.23. The van der Waals surface area contributed by atoms with E-state index >= 15 is 0 Å². The number of rotatable bonds is 7. The van der Waals surface area contributed by atoms with Crippen LogP contribution in [0, 0.1) is 26.6 Å². The number of nitrogens with zero attached hydrogens (tertiary/aromatic N) is 2. The largest absolute Gasteiger partial charge is 0.489 e. The van der Waals surface area contributed by atoms with Crippen LogP contribution >= 0.6 is 11.6 Å². The summed E-state index contributed by atoms with van der Waals surface area (Å²) in [6, 6.07) is 19.2. The topological polar surface area (TPSA) is 56.1 Å². The van der Waals surface area contributed by atoms with E-state index in [2.05, 4.69) is 10.4 Å². The smallest absolute Gasteiger partial charge is 0.255 e. The van der Waals surface area contributed by atoms with Crippen molar-refractivity contribution in [3.05, 3.63) is 111 Å². The first-order valence-corrected chi connectivity index (χ1v) is 11.3. The Hall–Kier alpha value is -3.64. The molecule has 3 aromatic carbocycles. The second kappa shape index (κ2) is 10.1. The molecule has 0 aliphatic carbocycles. The van der Waals surface area contributed by atoms with Gasteiger partial charge < -0.3 is 10.1 Å². The lowest BCUT2D eigenvalue weighted by atomic mass is 10.1. The van der Waals surface area contributed by atoms with Crippen molar-refractivity contribution in [3.8, 4) is 5.75 Å². The zero-order valence-electron chi connectivity index (χ0n) is 19.2. The Balaban J connectivity index is 1.40. The van der Waals surface area contributed by atoms with Crippen LogP contribution in [0.3, 0.4) is 0 Å². The molecule has 4 rings (SSSR count). The Kier molecular flexibility index (Phi) is 6.98. The summed E-state index contributed by atoms with van der Waals surface area (Å²) in [7, 11) is 0. The summed E-state index contributed by atoms with van der Waals surface area (Å²) < 4.78 is 21.1. The molecule has 0 saturated heterocycles. The number of hydrogen-bond donors (Lipinski definition) is 1. The Morgan fingerprint density at radius 2 is 1.79 bits per heavy atom. The van der Waals surface area contributed by atoms with Crippen LogP contribution in [0.4, 0.5) is 10.1 Å². The van der Waals surface area contributed by atoms with E-state index in [1.807, 2.05) is 57.2 Å². The van der Waals surface area contributed by atoms with Crippen molar-refractivity contribution in [2.24, 2.45) is 0 Å². The van der Waals surface area contributed by atoms with Gasteiger partial charge in [0, 0.05) is 10.6 Å². The molecule has 7 heteroatoms. The molecule has 1 amide bonds. The van der Waals surface area contributed by atoms with Crippen LogP contribution in [-0.2, 0) is 13.2 Å². The van der Waals surface area contributed by atoms with Crippen LogP contribution < -0.4 is 10.1 Å². The quantitative estimate of drug-likeness (QED) is 0.331. The van der Waals surface area contributed by atoms with E-state index in [9.17, 15) is 9.18 Å².